The van der Waals surface area contributed by atoms with Crippen molar-refractivity contribution in [3.8, 4) is 0 Å². The van der Waals surface area contributed by atoms with Crippen LogP contribution in [-0.4, -0.2) is 0 Å². The van der Waals surface area contributed by atoms with E-state index >= 15 is 0 Å². The number of fused-ring (bicyclic) bond motifs is 1. The predicted molar refractivity (Wildman–Crippen MR) is 56.3 cm³/mol. The summed E-state index contributed by atoms with van der Waals surface area (Å²) in [7, 11) is 0. The lowest BCUT2D eigenvalue weighted by atomic mass is 9.88. The molecule has 0 heterocycles. The van der Waals surface area contributed by atoms with Crippen LogP contribution in [0.1, 0.15) is 24.0 Å². The van der Waals surface area contributed by atoms with Crippen LogP contribution in [0.15, 0.2) is 29.3 Å². The first-order valence-corrected chi connectivity index (χ1v) is 5.21. The molecule has 0 unspecified atom stereocenters. The summed E-state index contributed by atoms with van der Waals surface area (Å²) in [5.74, 6) is 0. The molecule has 0 spiro atoms. The quantitative estimate of drug-likeness (QED) is 0.628. The third kappa shape index (κ3) is 1.34. The first-order valence-electron chi connectivity index (χ1n) is 4.29. The predicted octanol–water partition coefficient (Wildman–Crippen LogP) is 3.76. The third-order valence-corrected chi connectivity index (χ3v) is 2.94. The molecule has 0 aromatic heterocycles. The van der Waals surface area contributed by atoms with Gasteiger partial charge in [-0.15, -0.1) is 0 Å². The molecule has 2 rings (SSSR count). The van der Waals surface area contributed by atoms with E-state index < -0.39 is 0 Å². The molecule has 1 aliphatic carbocycles. The molecule has 0 nitrogen and oxygen atoms in total. The van der Waals surface area contributed by atoms with Crippen LogP contribution in [0.25, 0.3) is 5.57 Å². The third-order valence-electron chi connectivity index (χ3n) is 2.39. The molecule has 0 fully saturated rings. The van der Waals surface area contributed by atoms with Crippen LogP contribution in [0, 0.1) is 0 Å². The Balaban J connectivity index is 2.51. The maximum atomic E-state index is 3.42. The average Bonchev–Trinajstić information content (AvgIpc) is 2.17. The smallest absolute Gasteiger partial charge is 0.0151 e. The second kappa shape index (κ2) is 3.44. The van der Waals surface area contributed by atoms with Gasteiger partial charge in [0.05, 0.1) is 0 Å². The SMILES string of the molecule is Br/C=C1\CCCc2ccccc21. The van der Waals surface area contributed by atoms with Crippen LogP contribution >= 0.6 is 15.9 Å². The Bertz CT molecular complexity index is 313. The highest BCUT2D eigenvalue weighted by atomic mass is 79.9. The maximum Gasteiger partial charge on any atom is -0.0151 e. The van der Waals surface area contributed by atoms with E-state index in [4.69, 9.17) is 0 Å². The van der Waals surface area contributed by atoms with Crippen molar-refractivity contribution in [2.24, 2.45) is 0 Å². The highest BCUT2D eigenvalue weighted by molar-refractivity contribution is 9.11. The molecule has 0 amide bonds. The van der Waals surface area contributed by atoms with Crippen LogP contribution < -0.4 is 0 Å². The van der Waals surface area contributed by atoms with Gasteiger partial charge in [0.2, 0.25) is 0 Å². The minimum absolute atomic E-state index is 1.21. The lowest BCUT2D eigenvalue weighted by molar-refractivity contribution is 0.823. The van der Waals surface area contributed by atoms with Crippen molar-refractivity contribution in [3.63, 3.8) is 0 Å². The van der Waals surface area contributed by atoms with Gasteiger partial charge in [0.15, 0.2) is 0 Å². The number of halogens is 1. The van der Waals surface area contributed by atoms with Crippen LogP contribution in [0.4, 0.5) is 0 Å². The fourth-order valence-corrected chi connectivity index (χ4v) is 2.24. The first-order chi connectivity index (χ1) is 5.92. The van der Waals surface area contributed by atoms with E-state index in [0.29, 0.717) is 0 Å². The fraction of sp³-hybridized carbons (Fsp3) is 0.273. The summed E-state index contributed by atoms with van der Waals surface area (Å²) in [5, 5.41) is 0. The molecule has 12 heavy (non-hydrogen) atoms. The standard InChI is InChI=1S/C11H11Br/c12-8-10-6-3-5-9-4-1-2-7-11(9)10/h1-2,4,7-8H,3,5-6H2/b10-8+. The topological polar surface area (TPSA) is 0 Å². The van der Waals surface area contributed by atoms with Crippen molar-refractivity contribution >= 4 is 21.5 Å². The van der Waals surface area contributed by atoms with E-state index in [0.717, 1.165) is 0 Å². The van der Waals surface area contributed by atoms with Gasteiger partial charge in [0.25, 0.3) is 0 Å². The van der Waals surface area contributed by atoms with Crippen molar-refractivity contribution in [3.05, 3.63) is 40.4 Å². The van der Waals surface area contributed by atoms with E-state index in [1.54, 1.807) is 0 Å². The second-order valence-electron chi connectivity index (χ2n) is 3.15. The Labute approximate surface area is 81.4 Å². The summed E-state index contributed by atoms with van der Waals surface area (Å²) in [4.78, 5) is 2.06. The summed E-state index contributed by atoms with van der Waals surface area (Å²) in [6.07, 6.45) is 3.73. The number of rotatable bonds is 0. The van der Waals surface area contributed by atoms with Gasteiger partial charge in [-0.25, -0.2) is 0 Å². The zero-order chi connectivity index (χ0) is 8.39. The zero-order valence-corrected chi connectivity index (χ0v) is 8.47. The van der Waals surface area contributed by atoms with Crippen LogP contribution in [0.3, 0.4) is 0 Å². The summed E-state index contributed by atoms with van der Waals surface area (Å²) in [6.45, 7) is 0. The van der Waals surface area contributed by atoms with Crippen molar-refractivity contribution in [1.82, 2.24) is 0 Å². The second-order valence-corrected chi connectivity index (χ2v) is 3.60. The van der Waals surface area contributed by atoms with Crippen molar-refractivity contribution in [2.45, 2.75) is 19.3 Å². The van der Waals surface area contributed by atoms with Crippen molar-refractivity contribution in [2.75, 3.05) is 0 Å². The van der Waals surface area contributed by atoms with E-state index in [9.17, 15) is 0 Å². The molecule has 62 valence electrons. The fourth-order valence-electron chi connectivity index (χ4n) is 1.77. The van der Waals surface area contributed by atoms with Gasteiger partial charge < -0.3 is 0 Å². The van der Waals surface area contributed by atoms with Crippen LogP contribution in [0.2, 0.25) is 0 Å². The van der Waals surface area contributed by atoms with E-state index in [-0.39, 0.29) is 0 Å². The number of allylic oxidation sites excluding steroid dienone is 1. The van der Waals surface area contributed by atoms with Crippen LogP contribution in [0.5, 0.6) is 0 Å². The monoisotopic (exact) mass is 222 g/mol. The maximum absolute atomic E-state index is 3.42. The van der Waals surface area contributed by atoms with Gasteiger partial charge in [0.1, 0.15) is 0 Å². The lowest BCUT2D eigenvalue weighted by Gasteiger charge is -2.17. The molecule has 0 radical (unpaired) electrons. The minimum Gasteiger partial charge on any atom is -0.0620 e. The van der Waals surface area contributed by atoms with Gasteiger partial charge >= 0.3 is 0 Å². The number of aryl methyl sites for hydroxylation is 1. The van der Waals surface area contributed by atoms with E-state index in [1.165, 1.54) is 36.0 Å². The molecule has 0 N–H and O–H groups in total. The van der Waals surface area contributed by atoms with Crippen molar-refractivity contribution in [1.29, 1.82) is 0 Å². The molecule has 1 aliphatic rings. The zero-order valence-electron chi connectivity index (χ0n) is 6.89. The lowest BCUT2D eigenvalue weighted by Crippen LogP contribution is -2.00. The molecule has 0 atom stereocenters. The molecular formula is C11H11Br. The van der Waals surface area contributed by atoms with E-state index in [1.807, 2.05) is 0 Å². The van der Waals surface area contributed by atoms with Crippen LogP contribution in [-0.2, 0) is 6.42 Å². The Kier molecular flexibility index (Phi) is 2.31. The van der Waals surface area contributed by atoms with Gasteiger partial charge in [0, 0.05) is 0 Å². The molecular weight excluding hydrogens is 212 g/mol. The molecule has 1 heteroatoms. The summed E-state index contributed by atoms with van der Waals surface area (Å²) >= 11 is 3.42. The number of hydrogen-bond acceptors (Lipinski definition) is 0. The summed E-state index contributed by atoms with van der Waals surface area (Å²) in [6, 6.07) is 8.67. The highest BCUT2D eigenvalue weighted by Crippen LogP contribution is 2.30. The normalized spacial score (nSPS) is 19.2. The molecule has 1 aromatic carbocycles. The van der Waals surface area contributed by atoms with Crippen molar-refractivity contribution < 1.29 is 0 Å². The van der Waals surface area contributed by atoms with E-state index in [2.05, 4.69) is 45.2 Å². The highest BCUT2D eigenvalue weighted by Gasteiger charge is 2.11. The number of hydrogen-bond donors (Lipinski definition) is 0. The largest absolute Gasteiger partial charge is 0.0620 e. The molecule has 0 aliphatic heterocycles. The minimum atomic E-state index is 1.21. The Morgan fingerprint density at radius 2 is 2.00 bits per heavy atom. The van der Waals surface area contributed by atoms with Gasteiger partial charge in [-0.2, -0.15) is 0 Å². The van der Waals surface area contributed by atoms with Gasteiger partial charge in [-0.1, -0.05) is 40.2 Å². The van der Waals surface area contributed by atoms with Gasteiger partial charge in [-0.05, 0) is 40.9 Å². The molecule has 0 bridgehead atoms. The summed E-state index contributed by atoms with van der Waals surface area (Å²) < 4.78 is 0. The van der Waals surface area contributed by atoms with Gasteiger partial charge in [-0.3, -0.25) is 0 Å². The first kappa shape index (κ1) is 8.06. The Morgan fingerprint density at radius 1 is 1.17 bits per heavy atom. The molecule has 0 saturated carbocycles. The average molecular weight is 223 g/mol. The Morgan fingerprint density at radius 3 is 2.83 bits per heavy atom. The molecule has 0 saturated heterocycles. The Hall–Kier alpha value is -0.560. The summed E-state index contributed by atoms with van der Waals surface area (Å²) in [5.41, 5.74) is 4.37. The number of benzene rings is 1. The molecule has 1 aromatic rings.